The predicted molar refractivity (Wildman–Crippen MR) is 116 cm³/mol. The molecule has 0 unspecified atom stereocenters. The van der Waals surface area contributed by atoms with E-state index in [1.54, 1.807) is 30.3 Å². The van der Waals surface area contributed by atoms with Gasteiger partial charge in [-0.05, 0) is 41.8 Å². The number of nitrogens with one attached hydrogen (secondary N) is 1. The lowest BCUT2D eigenvalue weighted by molar-refractivity contribution is -0.384. The fourth-order valence-corrected chi connectivity index (χ4v) is 3.47. The summed E-state index contributed by atoms with van der Waals surface area (Å²) in [6, 6.07) is 11.1. The molecular weight excluding hydrogens is 412 g/mol. The second kappa shape index (κ2) is 8.98. The number of allylic oxidation sites excluding steroid dienone is 1. The zero-order valence-electron chi connectivity index (χ0n) is 15.5. The van der Waals surface area contributed by atoms with Gasteiger partial charge in [0.05, 0.1) is 15.6 Å². The summed E-state index contributed by atoms with van der Waals surface area (Å²) in [6.45, 7) is 5.61. The highest BCUT2D eigenvalue weighted by Crippen LogP contribution is 2.31. The van der Waals surface area contributed by atoms with Crippen LogP contribution in [-0.2, 0) is 0 Å². The molecule has 2 aromatic rings. The van der Waals surface area contributed by atoms with E-state index in [9.17, 15) is 14.9 Å². The van der Waals surface area contributed by atoms with Gasteiger partial charge in [0, 0.05) is 29.2 Å². The number of hydrogen-bond acceptors (Lipinski definition) is 6. The summed E-state index contributed by atoms with van der Waals surface area (Å²) in [5.74, 6) is 0.319. The van der Waals surface area contributed by atoms with Gasteiger partial charge in [-0.15, -0.1) is 0 Å². The summed E-state index contributed by atoms with van der Waals surface area (Å²) in [7, 11) is 0. The van der Waals surface area contributed by atoms with Crippen molar-refractivity contribution in [2.24, 2.45) is 0 Å². The molecule has 0 radical (unpaired) electrons. The Hall–Kier alpha value is -3.03. The minimum absolute atomic E-state index is 0.0421. The average molecular weight is 429 g/mol. The highest BCUT2D eigenvalue weighted by Gasteiger charge is 2.15. The summed E-state index contributed by atoms with van der Waals surface area (Å²) < 4.78 is 5.64. The standard InChI is InChI=1S/C21H17ClN2O4S/c1-3-13(2)21(25)17-9-8-16(10-18(17)22)28-11-20-23-19(12-29-20)14-4-6-15(7-5-14)24(26)27/h4-12,23H,2-3H2,1H3/b20-11+. The van der Waals surface area contributed by atoms with Gasteiger partial charge in [0.25, 0.3) is 5.69 Å². The van der Waals surface area contributed by atoms with Gasteiger partial charge in [-0.3, -0.25) is 14.9 Å². The number of nitro benzene ring substituents is 1. The van der Waals surface area contributed by atoms with Crippen molar-refractivity contribution in [1.82, 2.24) is 5.32 Å². The average Bonchev–Trinajstić information content (AvgIpc) is 3.20. The number of ether oxygens (including phenoxy) is 1. The largest absolute Gasteiger partial charge is 0.462 e. The van der Waals surface area contributed by atoms with Crippen LogP contribution in [0.25, 0.3) is 5.70 Å². The Labute approximate surface area is 177 Å². The molecule has 0 atom stereocenters. The van der Waals surface area contributed by atoms with Crippen LogP contribution in [0, 0.1) is 10.1 Å². The fraction of sp³-hybridized carbons (Fsp3) is 0.0952. The highest BCUT2D eigenvalue weighted by atomic mass is 35.5. The molecule has 0 aliphatic carbocycles. The lowest BCUT2D eigenvalue weighted by Crippen LogP contribution is -2.05. The second-order valence-electron chi connectivity index (χ2n) is 6.11. The van der Waals surface area contributed by atoms with E-state index < -0.39 is 4.92 Å². The van der Waals surface area contributed by atoms with Gasteiger partial charge in [-0.1, -0.05) is 36.9 Å². The molecule has 1 aliphatic rings. The Bertz CT molecular complexity index is 1050. The molecule has 3 rings (SSSR count). The number of rotatable bonds is 7. The number of benzene rings is 2. The third kappa shape index (κ3) is 4.88. The molecule has 0 saturated carbocycles. The summed E-state index contributed by atoms with van der Waals surface area (Å²) >= 11 is 7.64. The normalized spacial score (nSPS) is 14.3. The quantitative estimate of drug-likeness (QED) is 0.194. The van der Waals surface area contributed by atoms with Crippen LogP contribution in [0.1, 0.15) is 29.3 Å². The van der Waals surface area contributed by atoms with E-state index >= 15 is 0 Å². The van der Waals surface area contributed by atoms with E-state index in [4.69, 9.17) is 16.3 Å². The van der Waals surface area contributed by atoms with Crippen molar-refractivity contribution in [1.29, 1.82) is 0 Å². The van der Waals surface area contributed by atoms with E-state index in [1.165, 1.54) is 30.2 Å². The van der Waals surface area contributed by atoms with Crippen molar-refractivity contribution in [3.8, 4) is 5.75 Å². The molecule has 0 spiro atoms. The second-order valence-corrected chi connectivity index (χ2v) is 7.42. The summed E-state index contributed by atoms with van der Waals surface area (Å²) in [6.07, 6.45) is 2.10. The van der Waals surface area contributed by atoms with Crippen LogP contribution in [0.15, 0.2) is 71.3 Å². The predicted octanol–water partition coefficient (Wildman–Crippen LogP) is 5.91. The van der Waals surface area contributed by atoms with Crippen molar-refractivity contribution < 1.29 is 14.5 Å². The molecule has 0 aromatic heterocycles. The molecule has 0 saturated heterocycles. The summed E-state index contributed by atoms with van der Waals surface area (Å²) in [5, 5.41) is 16.9. The first-order chi connectivity index (χ1) is 13.9. The van der Waals surface area contributed by atoms with Gasteiger partial charge in [0.15, 0.2) is 5.78 Å². The molecule has 0 amide bonds. The molecule has 0 bridgehead atoms. The Morgan fingerprint density at radius 2 is 2.03 bits per heavy atom. The number of Topliss-reactive ketones (excluding diaryl/α,β-unsaturated/α-hetero) is 1. The smallest absolute Gasteiger partial charge is 0.269 e. The van der Waals surface area contributed by atoms with Crippen molar-refractivity contribution >= 4 is 40.5 Å². The van der Waals surface area contributed by atoms with E-state index in [0.29, 0.717) is 28.3 Å². The van der Waals surface area contributed by atoms with E-state index in [1.807, 2.05) is 12.3 Å². The molecule has 2 aromatic carbocycles. The minimum atomic E-state index is -0.434. The zero-order chi connectivity index (χ0) is 21.0. The number of nitro groups is 1. The SMILES string of the molecule is C=C(CC)C(=O)c1ccc(O/C=C2\NC(c3ccc([N+](=O)[O-])cc3)=CS2)cc1Cl. The maximum Gasteiger partial charge on any atom is 0.269 e. The van der Waals surface area contributed by atoms with Crippen LogP contribution in [0.5, 0.6) is 5.75 Å². The number of thioether (sulfide) groups is 1. The topological polar surface area (TPSA) is 81.5 Å². The maximum atomic E-state index is 12.2. The zero-order valence-corrected chi connectivity index (χ0v) is 17.0. The molecule has 8 heteroatoms. The maximum absolute atomic E-state index is 12.2. The molecule has 1 N–H and O–H groups in total. The molecule has 6 nitrogen and oxygen atoms in total. The van der Waals surface area contributed by atoms with Crippen LogP contribution < -0.4 is 10.1 Å². The number of carbonyl (C=O) groups excluding carboxylic acids is 1. The molecule has 0 fully saturated rings. The number of nitrogens with zero attached hydrogens (tertiary/aromatic N) is 1. The third-order valence-corrected chi connectivity index (χ3v) is 5.30. The minimum Gasteiger partial charge on any atom is -0.462 e. The van der Waals surface area contributed by atoms with Gasteiger partial charge < -0.3 is 10.1 Å². The van der Waals surface area contributed by atoms with Crippen LogP contribution >= 0.6 is 23.4 Å². The van der Waals surface area contributed by atoms with Crippen LogP contribution in [0.2, 0.25) is 5.02 Å². The number of ketones is 1. The Balaban J connectivity index is 1.64. The first kappa shape index (κ1) is 20.7. The number of carbonyl (C=O) groups is 1. The number of non-ortho nitro benzene ring substituents is 1. The van der Waals surface area contributed by atoms with Crippen molar-refractivity contribution in [2.75, 3.05) is 0 Å². The fourth-order valence-electron chi connectivity index (χ4n) is 2.50. The van der Waals surface area contributed by atoms with Crippen molar-refractivity contribution in [2.45, 2.75) is 13.3 Å². The van der Waals surface area contributed by atoms with Crippen LogP contribution in [0.3, 0.4) is 0 Å². The molecule has 148 valence electrons. The lowest BCUT2D eigenvalue weighted by atomic mass is 10.0. The van der Waals surface area contributed by atoms with Crippen LogP contribution in [-0.4, -0.2) is 10.7 Å². The Morgan fingerprint density at radius 1 is 1.31 bits per heavy atom. The van der Waals surface area contributed by atoms with Crippen molar-refractivity contribution in [3.05, 3.63) is 97.6 Å². The Morgan fingerprint density at radius 3 is 2.66 bits per heavy atom. The number of hydrogen-bond donors (Lipinski definition) is 1. The molecule has 1 aliphatic heterocycles. The number of halogens is 1. The highest BCUT2D eigenvalue weighted by molar-refractivity contribution is 8.06. The lowest BCUT2D eigenvalue weighted by Gasteiger charge is -2.08. The van der Waals surface area contributed by atoms with E-state index in [2.05, 4.69) is 11.9 Å². The van der Waals surface area contributed by atoms with Gasteiger partial charge in [0.1, 0.15) is 17.0 Å². The van der Waals surface area contributed by atoms with Gasteiger partial charge in [-0.25, -0.2) is 0 Å². The Kier molecular flexibility index (Phi) is 6.41. The summed E-state index contributed by atoms with van der Waals surface area (Å²) in [4.78, 5) is 22.5. The van der Waals surface area contributed by atoms with Crippen molar-refractivity contribution in [3.63, 3.8) is 0 Å². The van der Waals surface area contributed by atoms with Crippen LogP contribution in [0.4, 0.5) is 5.69 Å². The molecular formula is C21H17ClN2O4S. The summed E-state index contributed by atoms with van der Waals surface area (Å²) in [5.41, 5.74) is 2.58. The van der Waals surface area contributed by atoms with E-state index in [-0.39, 0.29) is 11.5 Å². The molecule has 1 heterocycles. The first-order valence-electron chi connectivity index (χ1n) is 8.66. The third-order valence-electron chi connectivity index (χ3n) is 4.19. The van der Waals surface area contributed by atoms with E-state index in [0.717, 1.165) is 16.3 Å². The van der Waals surface area contributed by atoms with Gasteiger partial charge in [0.2, 0.25) is 0 Å². The van der Waals surface area contributed by atoms with Gasteiger partial charge in [-0.2, -0.15) is 0 Å². The van der Waals surface area contributed by atoms with Gasteiger partial charge >= 0.3 is 0 Å². The monoisotopic (exact) mass is 428 g/mol. The first-order valence-corrected chi connectivity index (χ1v) is 9.92. The molecule has 29 heavy (non-hydrogen) atoms.